The Bertz CT molecular complexity index is 351. The first-order valence-electron chi connectivity index (χ1n) is 5.27. The standard InChI is InChI=1S/C12H15NO2S/c1-10(16)15-8-3-2-6-12(14)11-5-4-7-13-9-11/h4-5,7,9H,2-3,6,8H2,1H3. The number of pyridine rings is 1. The van der Waals surface area contributed by atoms with Gasteiger partial charge in [0.2, 0.25) is 0 Å². The second kappa shape index (κ2) is 7.06. The zero-order valence-corrected chi connectivity index (χ0v) is 10.1. The van der Waals surface area contributed by atoms with E-state index in [0.29, 0.717) is 23.6 Å². The third-order valence-electron chi connectivity index (χ3n) is 2.09. The Morgan fingerprint density at radius 2 is 2.31 bits per heavy atom. The minimum absolute atomic E-state index is 0.132. The lowest BCUT2D eigenvalue weighted by Crippen LogP contribution is -2.02. The van der Waals surface area contributed by atoms with E-state index in [1.807, 2.05) is 0 Å². The van der Waals surface area contributed by atoms with E-state index in [1.165, 1.54) is 0 Å². The van der Waals surface area contributed by atoms with Crippen molar-refractivity contribution in [2.45, 2.75) is 26.2 Å². The van der Waals surface area contributed by atoms with Gasteiger partial charge in [-0.15, -0.1) is 0 Å². The molecular weight excluding hydrogens is 222 g/mol. The van der Waals surface area contributed by atoms with Crippen molar-refractivity contribution < 1.29 is 9.53 Å². The number of hydrogen-bond acceptors (Lipinski definition) is 4. The predicted octanol–water partition coefficient (Wildman–Crippen LogP) is 2.80. The van der Waals surface area contributed by atoms with Crippen molar-refractivity contribution in [1.29, 1.82) is 0 Å². The molecule has 0 fully saturated rings. The highest BCUT2D eigenvalue weighted by molar-refractivity contribution is 7.80. The van der Waals surface area contributed by atoms with Gasteiger partial charge in [-0.1, -0.05) is 0 Å². The first-order chi connectivity index (χ1) is 7.70. The molecule has 0 aliphatic rings. The molecule has 1 aromatic rings. The van der Waals surface area contributed by atoms with Gasteiger partial charge in [0.05, 0.1) is 6.61 Å². The number of ether oxygens (including phenoxy) is 1. The minimum Gasteiger partial charge on any atom is -0.487 e. The van der Waals surface area contributed by atoms with Crippen molar-refractivity contribution in [2.24, 2.45) is 0 Å². The highest BCUT2D eigenvalue weighted by Crippen LogP contribution is 2.05. The summed E-state index contributed by atoms with van der Waals surface area (Å²) < 4.78 is 5.14. The Labute approximate surface area is 101 Å². The molecule has 0 spiro atoms. The third-order valence-corrected chi connectivity index (χ3v) is 2.20. The number of rotatable bonds is 6. The third kappa shape index (κ3) is 4.98. The van der Waals surface area contributed by atoms with Crippen molar-refractivity contribution in [1.82, 2.24) is 4.98 Å². The Hall–Kier alpha value is -1.29. The fraction of sp³-hybridized carbons (Fsp3) is 0.417. The number of carbonyl (C=O) groups is 1. The summed E-state index contributed by atoms with van der Waals surface area (Å²) in [6, 6.07) is 3.55. The molecule has 0 N–H and O–H groups in total. The number of unbranched alkanes of at least 4 members (excludes halogenated alkanes) is 1. The number of thiocarbonyl (C=S) groups is 1. The lowest BCUT2D eigenvalue weighted by Gasteiger charge is -2.03. The molecule has 0 atom stereocenters. The second-order valence-electron chi connectivity index (χ2n) is 3.46. The predicted molar refractivity (Wildman–Crippen MR) is 66.6 cm³/mol. The van der Waals surface area contributed by atoms with Crippen molar-refractivity contribution in [3.8, 4) is 0 Å². The smallest absolute Gasteiger partial charge is 0.164 e. The van der Waals surface area contributed by atoms with Crippen molar-refractivity contribution in [3.63, 3.8) is 0 Å². The molecule has 1 rings (SSSR count). The maximum absolute atomic E-state index is 11.6. The average molecular weight is 237 g/mol. The van der Waals surface area contributed by atoms with Crippen LogP contribution >= 0.6 is 12.2 Å². The molecule has 86 valence electrons. The molecule has 4 heteroatoms. The molecule has 0 aliphatic carbocycles. The van der Waals surface area contributed by atoms with Crippen LogP contribution in [0.15, 0.2) is 24.5 Å². The zero-order valence-electron chi connectivity index (χ0n) is 9.31. The van der Waals surface area contributed by atoms with E-state index in [2.05, 4.69) is 4.98 Å². The monoisotopic (exact) mass is 237 g/mol. The molecule has 0 saturated carbocycles. The normalized spacial score (nSPS) is 9.81. The summed E-state index contributed by atoms with van der Waals surface area (Å²) in [4.78, 5) is 15.5. The summed E-state index contributed by atoms with van der Waals surface area (Å²) >= 11 is 4.78. The van der Waals surface area contributed by atoms with Gasteiger partial charge in [0.25, 0.3) is 0 Å². The second-order valence-corrected chi connectivity index (χ2v) is 4.04. The number of aromatic nitrogens is 1. The van der Waals surface area contributed by atoms with Crippen LogP contribution in [0.3, 0.4) is 0 Å². The molecule has 0 unspecified atom stereocenters. The number of Topliss-reactive ketones (excluding diaryl/α,β-unsaturated/α-hetero) is 1. The molecule has 0 aromatic carbocycles. The van der Waals surface area contributed by atoms with Crippen LogP contribution in [0.25, 0.3) is 0 Å². The maximum Gasteiger partial charge on any atom is 0.164 e. The SMILES string of the molecule is CC(=S)OCCCCC(=O)c1cccnc1. The molecular formula is C12H15NO2S. The molecule has 1 heterocycles. The molecule has 0 aliphatic heterocycles. The number of carbonyl (C=O) groups excluding carboxylic acids is 1. The van der Waals surface area contributed by atoms with E-state index in [1.54, 1.807) is 31.5 Å². The van der Waals surface area contributed by atoms with Gasteiger partial charge in [-0.2, -0.15) is 0 Å². The number of nitrogens with zero attached hydrogens (tertiary/aromatic N) is 1. The van der Waals surface area contributed by atoms with E-state index >= 15 is 0 Å². The van der Waals surface area contributed by atoms with Crippen LogP contribution in [0.4, 0.5) is 0 Å². The lowest BCUT2D eigenvalue weighted by molar-refractivity contribution is 0.0977. The number of ketones is 1. The van der Waals surface area contributed by atoms with Gasteiger partial charge in [0.1, 0.15) is 0 Å². The van der Waals surface area contributed by atoms with Crippen LogP contribution in [-0.2, 0) is 4.74 Å². The Balaban J connectivity index is 2.19. The number of hydrogen-bond donors (Lipinski definition) is 0. The Morgan fingerprint density at radius 1 is 1.50 bits per heavy atom. The van der Waals surface area contributed by atoms with Gasteiger partial charge in [0, 0.05) is 31.3 Å². The highest BCUT2D eigenvalue weighted by Gasteiger charge is 2.04. The van der Waals surface area contributed by atoms with E-state index in [9.17, 15) is 4.79 Å². The van der Waals surface area contributed by atoms with E-state index in [0.717, 1.165) is 12.8 Å². The van der Waals surface area contributed by atoms with Crippen LogP contribution in [0.2, 0.25) is 0 Å². The van der Waals surface area contributed by atoms with Gasteiger partial charge in [-0.3, -0.25) is 9.78 Å². The van der Waals surface area contributed by atoms with Crippen LogP contribution in [-0.4, -0.2) is 22.4 Å². The fourth-order valence-corrected chi connectivity index (χ4v) is 1.36. The summed E-state index contributed by atoms with van der Waals surface area (Å²) in [6.45, 7) is 2.34. The quantitative estimate of drug-likeness (QED) is 0.433. The molecule has 0 radical (unpaired) electrons. The molecule has 0 amide bonds. The van der Waals surface area contributed by atoms with Crippen LogP contribution in [0, 0.1) is 0 Å². The summed E-state index contributed by atoms with van der Waals surface area (Å²) in [6.07, 6.45) is 5.45. The van der Waals surface area contributed by atoms with Gasteiger partial charge >= 0.3 is 0 Å². The van der Waals surface area contributed by atoms with Gasteiger partial charge in [-0.25, -0.2) is 0 Å². The summed E-state index contributed by atoms with van der Waals surface area (Å²) in [7, 11) is 0. The lowest BCUT2D eigenvalue weighted by atomic mass is 10.1. The molecule has 3 nitrogen and oxygen atoms in total. The van der Waals surface area contributed by atoms with E-state index in [4.69, 9.17) is 17.0 Å². The zero-order chi connectivity index (χ0) is 11.8. The van der Waals surface area contributed by atoms with Crippen molar-refractivity contribution >= 4 is 23.1 Å². The van der Waals surface area contributed by atoms with Gasteiger partial charge < -0.3 is 4.74 Å². The van der Waals surface area contributed by atoms with Crippen molar-refractivity contribution in [2.75, 3.05) is 6.61 Å². The molecule has 0 bridgehead atoms. The van der Waals surface area contributed by atoms with Crippen LogP contribution in [0.5, 0.6) is 0 Å². The molecule has 0 saturated heterocycles. The first-order valence-corrected chi connectivity index (χ1v) is 5.67. The minimum atomic E-state index is 0.132. The summed E-state index contributed by atoms with van der Waals surface area (Å²) in [5.74, 6) is 0.132. The average Bonchev–Trinajstić information content (AvgIpc) is 2.29. The van der Waals surface area contributed by atoms with E-state index < -0.39 is 0 Å². The van der Waals surface area contributed by atoms with Gasteiger partial charge in [0.15, 0.2) is 10.8 Å². The Morgan fingerprint density at radius 3 is 2.94 bits per heavy atom. The first kappa shape index (κ1) is 12.8. The maximum atomic E-state index is 11.6. The summed E-state index contributed by atoms with van der Waals surface area (Å²) in [5, 5.41) is 0.554. The topological polar surface area (TPSA) is 39.2 Å². The van der Waals surface area contributed by atoms with Crippen LogP contribution in [0.1, 0.15) is 36.5 Å². The van der Waals surface area contributed by atoms with Gasteiger partial charge in [-0.05, 0) is 37.2 Å². The fourth-order valence-electron chi connectivity index (χ4n) is 1.28. The Kier molecular flexibility index (Phi) is 5.64. The molecule has 1 aromatic heterocycles. The van der Waals surface area contributed by atoms with E-state index in [-0.39, 0.29) is 5.78 Å². The summed E-state index contributed by atoms with van der Waals surface area (Å²) in [5.41, 5.74) is 0.675. The largest absolute Gasteiger partial charge is 0.487 e. The van der Waals surface area contributed by atoms with Crippen LogP contribution < -0.4 is 0 Å². The highest BCUT2D eigenvalue weighted by atomic mass is 32.1. The molecule has 16 heavy (non-hydrogen) atoms. The van der Waals surface area contributed by atoms with Crippen molar-refractivity contribution in [3.05, 3.63) is 30.1 Å².